The summed E-state index contributed by atoms with van der Waals surface area (Å²) in [6, 6.07) is 2.94. The summed E-state index contributed by atoms with van der Waals surface area (Å²) in [6.45, 7) is 1.05. The lowest BCUT2D eigenvalue weighted by Crippen LogP contribution is -2.58. The normalized spacial score (nSPS) is 29.8. The summed E-state index contributed by atoms with van der Waals surface area (Å²) in [5, 5.41) is 13.0. The van der Waals surface area contributed by atoms with Crippen LogP contribution in [0.1, 0.15) is 18.5 Å². The Bertz CT molecular complexity index is 800. The molecule has 8 nitrogen and oxygen atoms in total. The van der Waals surface area contributed by atoms with Crippen LogP contribution in [0.3, 0.4) is 0 Å². The van der Waals surface area contributed by atoms with E-state index in [0.717, 1.165) is 18.1 Å². The highest BCUT2D eigenvalue weighted by molar-refractivity contribution is 6.09. The SMILES string of the molecule is CCN1C(=O)[C@H]2[C@@H](c3ccc(F)cc3OC)N[C@@](CO)(C(=O)OC)[C@H]2C1=O. The predicted molar refractivity (Wildman–Crippen MR) is 90.0 cm³/mol. The third kappa shape index (κ3) is 2.61. The highest BCUT2D eigenvalue weighted by Crippen LogP contribution is 2.50. The standard InChI is InChI=1S/C18H21FN2O6/c1-4-21-15(23)12-13(16(21)24)18(8-22,17(25)27-3)20-14(12)10-6-5-9(19)7-11(10)26-2/h5-7,12-14,20,22H,4,8H2,1-3H3/t12-,13-,14-,18-/m1/s1. The van der Waals surface area contributed by atoms with Crippen molar-refractivity contribution in [3.05, 3.63) is 29.6 Å². The first-order valence-electron chi connectivity index (χ1n) is 8.51. The fourth-order valence-electron chi connectivity index (χ4n) is 4.16. The van der Waals surface area contributed by atoms with Crippen molar-refractivity contribution in [3.63, 3.8) is 0 Å². The topological polar surface area (TPSA) is 105 Å². The molecule has 2 N–H and O–H groups in total. The van der Waals surface area contributed by atoms with Gasteiger partial charge in [-0.3, -0.25) is 19.8 Å². The first kappa shape index (κ1) is 19.2. The Morgan fingerprint density at radius 3 is 2.59 bits per heavy atom. The molecule has 0 radical (unpaired) electrons. The maximum absolute atomic E-state index is 13.6. The van der Waals surface area contributed by atoms with Gasteiger partial charge in [0.05, 0.1) is 32.7 Å². The molecule has 3 rings (SSSR count). The van der Waals surface area contributed by atoms with Crippen molar-refractivity contribution < 1.29 is 33.4 Å². The number of fused-ring (bicyclic) bond motifs is 1. The van der Waals surface area contributed by atoms with Gasteiger partial charge in [-0.15, -0.1) is 0 Å². The number of hydrogen-bond acceptors (Lipinski definition) is 7. The molecule has 9 heteroatoms. The van der Waals surface area contributed by atoms with Crippen molar-refractivity contribution in [2.24, 2.45) is 11.8 Å². The van der Waals surface area contributed by atoms with E-state index in [1.807, 2.05) is 0 Å². The number of nitrogens with one attached hydrogen (secondary N) is 1. The molecule has 2 aliphatic heterocycles. The molecular formula is C18H21FN2O6. The van der Waals surface area contributed by atoms with Crippen molar-refractivity contribution in [2.45, 2.75) is 18.5 Å². The zero-order chi connectivity index (χ0) is 19.9. The van der Waals surface area contributed by atoms with Crippen LogP contribution in [0.15, 0.2) is 18.2 Å². The number of methoxy groups -OCH3 is 2. The number of ether oxygens (including phenoxy) is 2. The molecular weight excluding hydrogens is 359 g/mol. The minimum absolute atomic E-state index is 0.140. The molecule has 2 fully saturated rings. The van der Waals surface area contributed by atoms with E-state index >= 15 is 0 Å². The van der Waals surface area contributed by atoms with Crippen molar-refractivity contribution in [2.75, 3.05) is 27.4 Å². The molecule has 2 saturated heterocycles. The minimum Gasteiger partial charge on any atom is -0.496 e. The van der Waals surface area contributed by atoms with Gasteiger partial charge in [-0.1, -0.05) is 6.07 Å². The Kier molecular flexibility index (Phi) is 4.92. The molecule has 2 amide bonds. The Labute approximate surface area is 155 Å². The number of aliphatic hydroxyl groups excluding tert-OH is 1. The summed E-state index contributed by atoms with van der Waals surface area (Å²) in [5.74, 6) is -4.32. The summed E-state index contributed by atoms with van der Waals surface area (Å²) in [6.07, 6.45) is 0. The number of rotatable bonds is 5. The Morgan fingerprint density at radius 1 is 1.33 bits per heavy atom. The number of nitrogens with zero attached hydrogens (tertiary/aromatic N) is 1. The van der Waals surface area contributed by atoms with E-state index < -0.39 is 53.6 Å². The van der Waals surface area contributed by atoms with Crippen LogP contribution in [-0.2, 0) is 19.1 Å². The number of aliphatic hydroxyl groups is 1. The van der Waals surface area contributed by atoms with Crippen molar-refractivity contribution in [1.82, 2.24) is 10.2 Å². The second-order valence-corrected chi connectivity index (χ2v) is 6.55. The van der Waals surface area contributed by atoms with E-state index in [-0.39, 0.29) is 12.3 Å². The number of halogens is 1. The molecule has 0 bridgehead atoms. The maximum atomic E-state index is 13.6. The average Bonchev–Trinajstić information content (AvgIpc) is 3.15. The number of imide groups is 1. The van der Waals surface area contributed by atoms with Crippen LogP contribution in [0.4, 0.5) is 4.39 Å². The Balaban J connectivity index is 2.18. The second-order valence-electron chi connectivity index (χ2n) is 6.55. The first-order chi connectivity index (χ1) is 12.9. The molecule has 0 aliphatic carbocycles. The van der Waals surface area contributed by atoms with Gasteiger partial charge in [0.25, 0.3) is 0 Å². The van der Waals surface area contributed by atoms with Gasteiger partial charge in [0.1, 0.15) is 11.6 Å². The zero-order valence-electron chi connectivity index (χ0n) is 15.2. The van der Waals surface area contributed by atoms with Gasteiger partial charge in [-0.05, 0) is 13.0 Å². The number of benzene rings is 1. The van der Waals surface area contributed by atoms with Crippen LogP contribution in [0.2, 0.25) is 0 Å². The molecule has 2 heterocycles. The second kappa shape index (κ2) is 6.90. The van der Waals surface area contributed by atoms with E-state index in [1.54, 1.807) is 6.92 Å². The lowest BCUT2D eigenvalue weighted by atomic mass is 9.79. The predicted octanol–water partition coefficient (Wildman–Crippen LogP) is 0.00380. The highest BCUT2D eigenvalue weighted by atomic mass is 19.1. The van der Waals surface area contributed by atoms with Gasteiger partial charge < -0.3 is 14.6 Å². The van der Waals surface area contributed by atoms with Crippen LogP contribution >= 0.6 is 0 Å². The summed E-state index contributed by atoms with van der Waals surface area (Å²) in [4.78, 5) is 39.4. The van der Waals surface area contributed by atoms with Crippen molar-refractivity contribution in [1.29, 1.82) is 0 Å². The number of esters is 1. The number of carbonyl (C=O) groups is 3. The van der Waals surface area contributed by atoms with Gasteiger partial charge in [-0.2, -0.15) is 0 Å². The van der Waals surface area contributed by atoms with E-state index in [0.29, 0.717) is 5.56 Å². The van der Waals surface area contributed by atoms with Gasteiger partial charge in [0.2, 0.25) is 11.8 Å². The molecule has 0 aromatic heterocycles. The molecule has 4 atom stereocenters. The molecule has 2 aliphatic rings. The molecule has 27 heavy (non-hydrogen) atoms. The maximum Gasteiger partial charge on any atom is 0.329 e. The average molecular weight is 380 g/mol. The third-order valence-electron chi connectivity index (χ3n) is 5.39. The quantitative estimate of drug-likeness (QED) is 0.547. The van der Waals surface area contributed by atoms with E-state index in [2.05, 4.69) is 5.32 Å². The number of hydrogen-bond donors (Lipinski definition) is 2. The lowest BCUT2D eigenvalue weighted by Gasteiger charge is -2.30. The molecule has 0 unspecified atom stereocenters. The van der Waals surface area contributed by atoms with Crippen LogP contribution in [0.5, 0.6) is 5.75 Å². The van der Waals surface area contributed by atoms with Crippen LogP contribution < -0.4 is 10.1 Å². The van der Waals surface area contributed by atoms with Gasteiger partial charge in [0, 0.05) is 24.2 Å². The van der Waals surface area contributed by atoms with Gasteiger partial charge >= 0.3 is 5.97 Å². The van der Waals surface area contributed by atoms with Crippen molar-refractivity contribution >= 4 is 17.8 Å². The summed E-state index contributed by atoms with van der Waals surface area (Å²) in [7, 11) is 2.49. The van der Waals surface area contributed by atoms with Crippen LogP contribution in [-0.4, -0.2) is 60.7 Å². The lowest BCUT2D eigenvalue weighted by molar-refractivity contribution is -0.156. The fraction of sp³-hybridized carbons (Fsp3) is 0.500. The van der Waals surface area contributed by atoms with Gasteiger partial charge in [-0.25, -0.2) is 9.18 Å². The third-order valence-corrected chi connectivity index (χ3v) is 5.39. The Morgan fingerprint density at radius 2 is 2.04 bits per heavy atom. The van der Waals surface area contributed by atoms with Crippen LogP contribution in [0.25, 0.3) is 0 Å². The smallest absolute Gasteiger partial charge is 0.329 e. The van der Waals surface area contributed by atoms with Crippen LogP contribution in [0, 0.1) is 17.7 Å². The summed E-state index contributed by atoms with van der Waals surface area (Å²) in [5.41, 5.74) is -1.37. The monoisotopic (exact) mass is 380 g/mol. The number of likely N-dealkylation sites (tertiary alicyclic amines) is 1. The van der Waals surface area contributed by atoms with Gasteiger partial charge in [0.15, 0.2) is 5.54 Å². The first-order valence-corrected chi connectivity index (χ1v) is 8.51. The zero-order valence-corrected chi connectivity index (χ0v) is 15.2. The fourth-order valence-corrected chi connectivity index (χ4v) is 4.16. The summed E-state index contributed by atoms with van der Waals surface area (Å²) < 4.78 is 23.6. The highest BCUT2D eigenvalue weighted by Gasteiger charge is 2.68. The molecule has 0 saturated carbocycles. The molecule has 146 valence electrons. The van der Waals surface area contributed by atoms with Crippen molar-refractivity contribution in [3.8, 4) is 5.75 Å². The Hall–Kier alpha value is -2.52. The minimum atomic E-state index is -1.78. The van der Waals surface area contributed by atoms with E-state index in [1.165, 1.54) is 19.2 Å². The number of amides is 2. The van der Waals surface area contributed by atoms with E-state index in [9.17, 15) is 23.9 Å². The number of carbonyl (C=O) groups excluding carboxylic acids is 3. The molecule has 1 aromatic rings. The molecule has 1 aromatic carbocycles. The summed E-state index contributed by atoms with van der Waals surface area (Å²) >= 11 is 0. The largest absolute Gasteiger partial charge is 0.496 e. The molecule has 0 spiro atoms. The van der Waals surface area contributed by atoms with E-state index in [4.69, 9.17) is 9.47 Å².